The molecule has 1 heterocycles. The number of likely N-dealkylation sites (tertiary alicyclic amines) is 1. The smallest absolute Gasteiger partial charge is 0.416 e. The van der Waals surface area contributed by atoms with Gasteiger partial charge in [-0.1, -0.05) is 30.3 Å². The Hall–Kier alpha value is -3.03. The Morgan fingerprint density at radius 3 is 2.27 bits per heavy atom. The van der Waals surface area contributed by atoms with Gasteiger partial charge in [0, 0.05) is 31.8 Å². The molecular formula is C25H28F3NO4. The molecular weight excluding hydrogens is 435 g/mol. The number of Topliss-reactive ketones (excluding diaryl/α,β-unsaturated/α-hetero) is 1. The normalized spacial score (nSPS) is 18.1. The number of alkyl halides is 3. The summed E-state index contributed by atoms with van der Waals surface area (Å²) in [5.41, 5.74) is -0.654. The fraction of sp³-hybridized carbons (Fsp3) is 0.440. The van der Waals surface area contributed by atoms with E-state index in [0.717, 1.165) is 17.7 Å². The second-order valence-electron chi connectivity index (χ2n) is 9.10. The van der Waals surface area contributed by atoms with Gasteiger partial charge in [0.15, 0.2) is 0 Å². The third-order valence-electron chi connectivity index (χ3n) is 5.28. The number of ketones is 1. The molecule has 33 heavy (non-hydrogen) atoms. The average Bonchev–Trinajstić information content (AvgIpc) is 2.72. The van der Waals surface area contributed by atoms with Gasteiger partial charge in [0.2, 0.25) is 0 Å². The van der Waals surface area contributed by atoms with Gasteiger partial charge in [-0.3, -0.25) is 4.79 Å². The first-order valence-corrected chi connectivity index (χ1v) is 10.8. The van der Waals surface area contributed by atoms with E-state index in [4.69, 9.17) is 9.47 Å². The first kappa shape index (κ1) is 24.6. The molecule has 5 nitrogen and oxygen atoms in total. The standard InChI is InChI=1S/C25H28F3NO4/c1-24(2,3)33-23(31)29-14-13-20(30)15-19(29)16-22(17-7-5-4-6-8-17)32-21-11-9-18(10-12-21)25(26,27)28/h4-12,19,22H,13-16H2,1-3H3/t19-,22-/m0/s1. The van der Waals surface area contributed by atoms with E-state index in [0.29, 0.717) is 0 Å². The average molecular weight is 463 g/mol. The topological polar surface area (TPSA) is 55.8 Å². The lowest BCUT2D eigenvalue weighted by atomic mass is 9.93. The zero-order valence-corrected chi connectivity index (χ0v) is 18.9. The lowest BCUT2D eigenvalue weighted by molar-refractivity contribution is -0.137. The fourth-order valence-corrected chi connectivity index (χ4v) is 3.73. The third kappa shape index (κ3) is 6.97. The number of amides is 1. The van der Waals surface area contributed by atoms with Crippen molar-refractivity contribution in [2.24, 2.45) is 0 Å². The van der Waals surface area contributed by atoms with Crippen LogP contribution in [0.3, 0.4) is 0 Å². The fourth-order valence-electron chi connectivity index (χ4n) is 3.73. The Balaban J connectivity index is 1.84. The first-order chi connectivity index (χ1) is 15.4. The molecule has 0 N–H and O–H groups in total. The largest absolute Gasteiger partial charge is 0.486 e. The van der Waals surface area contributed by atoms with Crippen molar-refractivity contribution in [2.75, 3.05) is 6.54 Å². The van der Waals surface area contributed by atoms with E-state index in [9.17, 15) is 22.8 Å². The SMILES string of the molecule is CC(C)(C)OC(=O)N1CCC(=O)C[C@H]1C[C@H](Oc1ccc(C(F)(F)F)cc1)c1ccccc1. The summed E-state index contributed by atoms with van der Waals surface area (Å²) in [5, 5.41) is 0. The Kier molecular flexibility index (Phi) is 7.34. The predicted molar refractivity (Wildman–Crippen MR) is 117 cm³/mol. The van der Waals surface area contributed by atoms with E-state index < -0.39 is 35.6 Å². The molecule has 8 heteroatoms. The lowest BCUT2D eigenvalue weighted by Gasteiger charge is -2.37. The van der Waals surface area contributed by atoms with E-state index >= 15 is 0 Å². The number of ether oxygens (including phenoxy) is 2. The van der Waals surface area contributed by atoms with Crippen LogP contribution in [0.2, 0.25) is 0 Å². The maximum Gasteiger partial charge on any atom is 0.416 e. The van der Waals surface area contributed by atoms with Crippen molar-refractivity contribution in [3.8, 4) is 5.75 Å². The van der Waals surface area contributed by atoms with Gasteiger partial charge in [0.05, 0.1) is 5.56 Å². The van der Waals surface area contributed by atoms with Gasteiger partial charge in [-0.2, -0.15) is 13.2 Å². The lowest BCUT2D eigenvalue weighted by Crippen LogP contribution is -2.49. The van der Waals surface area contributed by atoms with Crippen molar-refractivity contribution < 1.29 is 32.2 Å². The Morgan fingerprint density at radius 1 is 1.06 bits per heavy atom. The maximum atomic E-state index is 12.9. The van der Waals surface area contributed by atoms with E-state index in [2.05, 4.69) is 0 Å². The summed E-state index contributed by atoms with van der Waals surface area (Å²) >= 11 is 0. The molecule has 2 atom stereocenters. The van der Waals surface area contributed by atoms with Crippen LogP contribution in [0.1, 0.15) is 57.3 Å². The van der Waals surface area contributed by atoms with Crippen LogP contribution in [0.15, 0.2) is 54.6 Å². The van der Waals surface area contributed by atoms with Crippen LogP contribution in [-0.2, 0) is 15.7 Å². The van der Waals surface area contributed by atoms with Gasteiger partial charge in [-0.05, 0) is 50.6 Å². The molecule has 1 fully saturated rings. The van der Waals surface area contributed by atoms with Crippen molar-refractivity contribution >= 4 is 11.9 Å². The van der Waals surface area contributed by atoms with E-state index in [1.165, 1.54) is 12.1 Å². The maximum absolute atomic E-state index is 12.9. The molecule has 1 aliphatic heterocycles. The highest BCUT2D eigenvalue weighted by molar-refractivity contribution is 5.82. The van der Waals surface area contributed by atoms with Gasteiger partial charge in [-0.15, -0.1) is 0 Å². The number of benzene rings is 2. The Labute approximate surface area is 191 Å². The molecule has 1 amide bonds. The zero-order valence-electron chi connectivity index (χ0n) is 18.9. The van der Waals surface area contributed by atoms with Gasteiger partial charge < -0.3 is 14.4 Å². The van der Waals surface area contributed by atoms with Crippen molar-refractivity contribution in [1.82, 2.24) is 4.90 Å². The van der Waals surface area contributed by atoms with Gasteiger partial charge in [-0.25, -0.2) is 4.79 Å². The number of nitrogens with zero attached hydrogens (tertiary/aromatic N) is 1. The first-order valence-electron chi connectivity index (χ1n) is 10.8. The number of carbonyl (C=O) groups excluding carboxylic acids is 2. The van der Waals surface area contributed by atoms with Crippen molar-refractivity contribution in [1.29, 1.82) is 0 Å². The molecule has 0 aromatic heterocycles. The quantitative estimate of drug-likeness (QED) is 0.531. The Morgan fingerprint density at radius 2 is 1.70 bits per heavy atom. The zero-order chi connectivity index (χ0) is 24.2. The summed E-state index contributed by atoms with van der Waals surface area (Å²) in [4.78, 5) is 26.5. The number of rotatable bonds is 5. The second kappa shape index (κ2) is 9.85. The number of halogens is 3. The van der Waals surface area contributed by atoms with Crippen LogP contribution in [0.4, 0.5) is 18.0 Å². The summed E-state index contributed by atoms with van der Waals surface area (Å²) in [5.74, 6) is 0.309. The van der Waals surface area contributed by atoms with Gasteiger partial charge >= 0.3 is 12.3 Å². The molecule has 178 valence electrons. The number of piperidine rings is 1. The van der Waals surface area contributed by atoms with Crippen molar-refractivity contribution in [2.45, 2.75) is 64.0 Å². The Bertz CT molecular complexity index is 952. The minimum Gasteiger partial charge on any atom is -0.486 e. The highest BCUT2D eigenvalue weighted by Crippen LogP contribution is 2.34. The van der Waals surface area contributed by atoms with Crippen LogP contribution in [0.25, 0.3) is 0 Å². The highest BCUT2D eigenvalue weighted by atomic mass is 19.4. The molecule has 0 bridgehead atoms. The minimum absolute atomic E-state index is 0.0427. The number of hydrogen-bond donors (Lipinski definition) is 0. The molecule has 0 aliphatic carbocycles. The molecule has 3 rings (SSSR count). The molecule has 0 saturated carbocycles. The van der Waals surface area contributed by atoms with Crippen LogP contribution >= 0.6 is 0 Å². The van der Waals surface area contributed by atoms with E-state index in [1.807, 2.05) is 30.3 Å². The molecule has 1 saturated heterocycles. The number of carbonyl (C=O) groups is 2. The third-order valence-corrected chi connectivity index (χ3v) is 5.28. The minimum atomic E-state index is -4.44. The highest BCUT2D eigenvalue weighted by Gasteiger charge is 2.36. The molecule has 0 radical (unpaired) electrons. The monoisotopic (exact) mass is 463 g/mol. The summed E-state index contributed by atoms with van der Waals surface area (Å²) in [6.07, 6.45) is -4.81. The molecule has 0 unspecified atom stereocenters. The van der Waals surface area contributed by atoms with E-state index in [1.54, 1.807) is 25.7 Å². The van der Waals surface area contributed by atoms with Gasteiger partial charge in [0.1, 0.15) is 23.2 Å². The summed E-state index contributed by atoms with van der Waals surface area (Å²) in [7, 11) is 0. The van der Waals surface area contributed by atoms with E-state index in [-0.39, 0.29) is 37.3 Å². The second-order valence-corrected chi connectivity index (χ2v) is 9.10. The molecule has 2 aromatic rings. The summed E-state index contributed by atoms with van der Waals surface area (Å²) in [6, 6.07) is 13.2. The van der Waals surface area contributed by atoms with Crippen molar-refractivity contribution in [3.63, 3.8) is 0 Å². The summed E-state index contributed by atoms with van der Waals surface area (Å²) in [6.45, 7) is 5.57. The van der Waals surface area contributed by atoms with Crippen LogP contribution in [0, 0.1) is 0 Å². The number of hydrogen-bond acceptors (Lipinski definition) is 4. The molecule has 2 aromatic carbocycles. The summed E-state index contributed by atoms with van der Waals surface area (Å²) < 4.78 is 50.3. The molecule has 0 spiro atoms. The predicted octanol–water partition coefficient (Wildman–Crippen LogP) is 6.18. The van der Waals surface area contributed by atoms with Crippen LogP contribution in [0.5, 0.6) is 5.75 Å². The van der Waals surface area contributed by atoms with Crippen LogP contribution in [-0.4, -0.2) is 35.0 Å². The van der Waals surface area contributed by atoms with Crippen molar-refractivity contribution in [3.05, 3.63) is 65.7 Å². The van der Waals surface area contributed by atoms with Gasteiger partial charge in [0.25, 0.3) is 0 Å². The molecule has 1 aliphatic rings. The van der Waals surface area contributed by atoms with Crippen LogP contribution < -0.4 is 4.74 Å².